The van der Waals surface area contributed by atoms with E-state index in [0.29, 0.717) is 12.3 Å². The van der Waals surface area contributed by atoms with Gasteiger partial charge in [-0.3, -0.25) is 0 Å². The average molecular weight is 213 g/mol. The van der Waals surface area contributed by atoms with Crippen LogP contribution in [-0.4, -0.2) is 26.4 Å². The van der Waals surface area contributed by atoms with Crippen LogP contribution in [0.1, 0.15) is 0 Å². The molecular weight excluding hydrogens is 201 g/mol. The van der Waals surface area contributed by atoms with Gasteiger partial charge in [-0.15, -0.1) is 0 Å². The molecule has 0 aliphatic rings. The molecule has 0 unspecified atom stereocenters. The first-order valence-electron chi connectivity index (χ1n) is 4.42. The highest BCUT2D eigenvalue weighted by atomic mass is 19.1. The minimum atomic E-state index is -0.516. The molecule has 0 saturated carbocycles. The van der Waals surface area contributed by atoms with Crippen LogP contribution in [0.25, 0.3) is 0 Å². The molecule has 0 heterocycles. The fourth-order valence-electron chi connectivity index (χ4n) is 0.951. The molecule has 82 valence electrons. The molecule has 0 spiro atoms. The van der Waals surface area contributed by atoms with E-state index in [1.807, 2.05) is 0 Å². The lowest BCUT2D eigenvalue weighted by molar-refractivity contribution is 0.168. The van der Waals surface area contributed by atoms with Gasteiger partial charge in [0.05, 0.1) is 13.7 Å². The predicted octanol–water partition coefficient (Wildman–Crippen LogP) is 1.56. The van der Waals surface area contributed by atoms with Crippen LogP contribution in [0.5, 0.6) is 5.75 Å². The summed E-state index contributed by atoms with van der Waals surface area (Å²) in [5.74, 6) is 0.0788. The van der Waals surface area contributed by atoms with Gasteiger partial charge in [-0.2, -0.15) is 0 Å². The molecule has 1 rings (SSSR count). The molecular formula is C10H12FNO3. The molecule has 0 bridgehead atoms. The van der Waals surface area contributed by atoms with E-state index < -0.39 is 6.09 Å². The molecule has 1 N–H and O–H groups in total. The molecule has 15 heavy (non-hydrogen) atoms. The average Bonchev–Trinajstić information content (AvgIpc) is 2.24. The summed E-state index contributed by atoms with van der Waals surface area (Å²) in [5, 5.41) is 2.44. The monoisotopic (exact) mass is 213 g/mol. The number of methoxy groups -OCH3 is 1. The number of rotatable bonds is 4. The lowest BCUT2D eigenvalue weighted by atomic mass is 10.3. The molecule has 0 atom stereocenters. The van der Waals surface area contributed by atoms with Crippen molar-refractivity contribution in [2.75, 3.05) is 20.3 Å². The van der Waals surface area contributed by atoms with Crippen LogP contribution in [0.4, 0.5) is 9.18 Å². The number of hydrogen-bond acceptors (Lipinski definition) is 3. The second kappa shape index (κ2) is 5.85. The standard InChI is InChI=1S/C10H12FNO3/c1-14-10(13)12-5-6-15-9-4-2-3-8(11)7-9/h2-4,7H,5-6H2,1H3,(H,12,13). The van der Waals surface area contributed by atoms with Crippen LogP contribution in [0.2, 0.25) is 0 Å². The number of amides is 1. The summed E-state index contributed by atoms with van der Waals surface area (Å²) in [7, 11) is 1.28. The first kappa shape index (κ1) is 11.3. The molecule has 0 aromatic heterocycles. The van der Waals surface area contributed by atoms with E-state index >= 15 is 0 Å². The van der Waals surface area contributed by atoms with Crippen LogP contribution in [-0.2, 0) is 4.74 Å². The van der Waals surface area contributed by atoms with Crippen molar-refractivity contribution in [3.8, 4) is 5.75 Å². The van der Waals surface area contributed by atoms with E-state index in [1.54, 1.807) is 12.1 Å². The molecule has 0 radical (unpaired) electrons. The number of halogens is 1. The molecule has 0 fully saturated rings. The van der Waals surface area contributed by atoms with Gasteiger partial charge >= 0.3 is 6.09 Å². The van der Waals surface area contributed by atoms with E-state index in [9.17, 15) is 9.18 Å². The highest BCUT2D eigenvalue weighted by Crippen LogP contribution is 2.11. The quantitative estimate of drug-likeness (QED) is 0.772. The van der Waals surface area contributed by atoms with Crippen LogP contribution in [0, 0.1) is 5.82 Å². The lowest BCUT2D eigenvalue weighted by Gasteiger charge is -2.06. The van der Waals surface area contributed by atoms with E-state index in [4.69, 9.17) is 4.74 Å². The van der Waals surface area contributed by atoms with Gasteiger partial charge in [0.2, 0.25) is 0 Å². The molecule has 5 heteroatoms. The zero-order valence-electron chi connectivity index (χ0n) is 8.33. The molecule has 0 saturated heterocycles. The van der Waals surface area contributed by atoms with Crippen molar-refractivity contribution < 1.29 is 18.7 Å². The minimum Gasteiger partial charge on any atom is -0.492 e. The Balaban J connectivity index is 2.23. The van der Waals surface area contributed by atoms with Gasteiger partial charge in [-0.1, -0.05) is 6.07 Å². The highest BCUT2D eigenvalue weighted by Gasteiger charge is 1.98. The van der Waals surface area contributed by atoms with E-state index in [1.165, 1.54) is 19.2 Å². The first-order valence-corrected chi connectivity index (χ1v) is 4.42. The largest absolute Gasteiger partial charge is 0.492 e. The smallest absolute Gasteiger partial charge is 0.406 e. The third-order valence-corrected chi connectivity index (χ3v) is 1.62. The molecule has 0 aliphatic carbocycles. The fraction of sp³-hybridized carbons (Fsp3) is 0.300. The maximum absolute atomic E-state index is 12.7. The normalized spacial score (nSPS) is 9.47. The fourth-order valence-corrected chi connectivity index (χ4v) is 0.951. The molecule has 1 aromatic carbocycles. The SMILES string of the molecule is COC(=O)NCCOc1cccc(F)c1. The number of carbonyl (C=O) groups is 1. The van der Waals surface area contributed by atoms with Crippen molar-refractivity contribution in [3.05, 3.63) is 30.1 Å². The topological polar surface area (TPSA) is 47.6 Å². The second-order valence-electron chi connectivity index (χ2n) is 2.72. The summed E-state index contributed by atoms with van der Waals surface area (Å²) in [5.41, 5.74) is 0. The van der Waals surface area contributed by atoms with E-state index in [0.717, 1.165) is 0 Å². The molecule has 0 aliphatic heterocycles. The Morgan fingerprint density at radius 1 is 1.53 bits per heavy atom. The van der Waals surface area contributed by atoms with Gasteiger partial charge in [0.1, 0.15) is 18.2 Å². The van der Waals surface area contributed by atoms with Gasteiger partial charge in [0.25, 0.3) is 0 Å². The zero-order valence-corrected chi connectivity index (χ0v) is 8.33. The number of benzene rings is 1. The van der Waals surface area contributed by atoms with Gasteiger partial charge in [0.15, 0.2) is 0 Å². The molecule has 4 nitrogen and oxygen atoms in total. The summed E-state index contributed by atoms with van der Waals surface area (Å²) in [6, 6.07) is 5.80. The van der Waals surface area contributed by atoms with Crippen molar-refractivity contribution in [2.45, 2.75) is 0 Å². The Morgan fingerprint density at radius 3 is 3.00 bits per heavy atom. The summed E-state index contributed by atoms with van der Waals surface area (Å²) < 4.78 is 22.2. The number of alkyl carbamates (subject to hydrolysis) is 1. The minimum absolute atomic E-state index is 0.262. The van der Waals surface area contributed by atoms with Gasteiger partial charge in [-0.05, 0) is 12.1 Å². The second-order valence-corrected chi connectivity index (χ2v) is 2.72. The first-order chi connectivity index (χ1) is 7.22. The summed E-state index contributed by atoms with van der Waals surface area (Å²) in [6.07, 6.45) is -0.516. The Hall–Kier alpha value is -1.78. The van der Waals surface area contributed by atoms with Gasteiger partial charge in [-0.25, -0.2) is 9.18 Å². The van der Waals surface area contributed by atoms with Crippen molar-refractivity contribution >= 4 is 6.09 Å². The Bertz CT molecular complexity index is 330. The van der Waals surface area contributed by atoms with Crippen LogP contribution in [0.15, 0.2) is 24.3 Å². The van der Waals surface area contributed by atoms with Crippen LogP contribution >= 0.6 is 0 Å². The Labute approximate surface area is 87.0 Å². The number of ether oxygens (including phenoxy) is 2. The van der Waals surface area contributed by atoms with Gasteiger partial charge in [0, 0.05) is 6.07 Å². The molecule has 1 amide bonds. The number of nitrogens with one attached hydrogen (secondary N) is 1. The van der Waals surface area contributed by atoms with Crippen LogP contribution in [0.3, 0.4) is 0 Å². The third-order valence-electron chi connectivity index (χ3n) is 1.62. The Kier molecular flexibility index (Phi) is 4.40. The van der Waals surface area contributed by atoms with Crippen molar-refractivity contribution in [2.24, 2.45) is 0 Å². The maximum Gasteiger partial charge on any atom is 0.406 e. The predicted molar refractivity (Wildman–Crippen MR) is 52.3 cm³/mol. The highest BCUT2D eigenvalue weighted by molar-refractivity contribution is 5.66. The number of carbonyl (C=O) groups excluding carboxylic acids is 1. The maximum atomic E-state index is 12.7. The summed E-state index contributed by atoms with van der Waals surface area (Å²) in [6.45, 7) is 0.571. The zero-order chi connectivity index (χ0) is 11.1. The summed E-state index contributed by atoms with van der Waals surface area (Å²) in [4.78, 5) is 10.6. The Morgan fingerprint density at radius 2 is 2.33 bits per heavy atom. The van der Waals surface area contributed by atoms with E-state index in [-0.39, 0.29) is 12.4 Å². The van der Waals surface area contributed by atoms with Gasteiger partial charge < -0.3 is 14.8 Å². The van der Waals surface area contributed by atoms with Crippen molar-refractivity contribution in [1.29, 1.82) is 0 Å². The van der Waals surface area contributed by atoms with E-state index in [2.05, 4.69) is 10.1 Å². The number of hydrogen-bond donors (Lipinski definition) is 1. The van der Waals surface area contributed by atoms with Crippen LogP contribution < -0.4 is 10.1 Å². The van der Waals surface area contributed by atoms with Crippen molar-refractivity contribution in [1.82, 2.24) is 5.32 Å². The summed E-state index contributed by atoms with van der Waals surface area (Å²) >= 11 is 0. The third kappa shape index (κ3) is 4.30. The molecule has 1 aromatic rings. The lowest BCUT2D eigenvalue weighted by Crippen LogP contribution is -2.27. The van der Waals surface area contributed by atoms with Crippen molar-refractivity contribution in [3.63, 3.8) is 0 Å².